The Morgan fingerprint density at radius 2 is 0.745 bits per heavy atom. The van der Waals surface area contributed by atoms with Crippen LogP contribution >= 0.6 is 0 Å². The molecule has 11 rings (SSSR count). The second-order valence-electron chi connectivity index (χ2n) is 14.0. The molecule has 9 aromatic carbocycles. The summed E-state index contributed by atoms with van der Waals surface area (Å²) in [7, 11) is 0. The summed E-state index contributed by atoms with van der Waals surface area (Å²) in [6, 6.07) is 65.7. The molecule has 0 radical (unpaired) electrons. The van der Waals surface area contributed by atoms with Gasteiger partial charge in [-0.15, -0.1) is 0 Å². The second-order valence-corrected chi connectivity index (χ2v) is 14.0. The van der Waals surface area contributed by atoms with Crippen molar-refractivity contribution in [3.63, 3.8) is 0 Å². The van der Waals surface area contributed by atoms with E-state index in [4.69, 9.17) is 19.4 Å². The quantitative estimate of drug-likeness (QED) is 0.168. The highest BCUT2D eigenvalue weighted by atomic mass is 16.3. The first-order chi connectivity index (χ1) is 27.2. The first-order valence-electron chi connectivity index (χ1n) is 18.5. The fraction of sp³-hybridized carbons (Fsp3) is 0. The van der Waals surface area contributed by atoms with E-state index in [1.54, 1.807) is 0 Å². The van der Waals surface area contributed by atoms with E-state index in [-0.39, 0.29) is 0 Å². The van der Waals surface area contributed by atoms with E-state index < -0.39 is 0 Å². The molecule has 0 N–H and O–H groups in total. The summed E-state index contributed by atoms with van der Waals surface area (Å²) in [6.07, 6.45) is 0. The summed E-state index contributed by atoms with van der Waals surface area (Å²) in [5.74, 6) is 1.86. The lowest BCUT2D eigenvalue weighted by molar-refractivity contribution is 0.670. The molecular weight excluding hydrogens is 671 g/mol. The molecule has 0 atom stereocenters. The molecule has 11 aromatic rings. The molecule has 0 unspecified atom stereocenters. The van der Waals surface area contributed by atoms with Crippen molar-refractivity contribution in [1.29, 1.82) is 0 Å². The van der Waals surface area contributed by atoms with Gasteiger partial charge in [0, 0.05) is 33.0 Å². The van der Waals surface area contributed by atoms with Gasteiger partial charge in [-0.05, 0) is 79.3 Å². The van der Waals surface area contributed by atoms with Crippen LogP contribution in [0.15, 0.2) is 192 Å². The van der Waals surface area contributed by atoms with Gasteiger partial charge >= 0.3 is 0 Å². The first-order valence-corrected chi connectivity index (χ1v) is 18.5. The predicted molar refractivity (Wildman–Crippen MR) is 227 cm³/mol. The number of fused-ring (bicyclic) bond motifs is 9. The molecule has 55 heavy (non-hydrogen) atoms. The van der Waals surface area contributed by atoms with E-state index in [1.165, 1.54) is 32.3 Å². The van der Waals surface area contributed by atoms with E-state index >= 15 is 0 Å². The van der Waals surface area contributed by atoms with Crippen LogP contribution in [0.2, 0.25) is 0 Å². The number of hydrogen-bond donors (Lipinski definition) is 0. The van der Waals surface area contributed by atoms with E-state index in [9.17, 15) is 0 Å². The van der Waals surface area contributed by atoms with Crippen LogP contribution in [0.3, 0.4) is 0 Å². The van der Waals surface area contributed by atoms with Crippen LogP contribution in [0, 0.1) is 0 Å². The molecule has 0 saturated heterocycles. The van der Waals surface area contributed by atoms with Crippen molar-refractivity contribution in [2.24, 2.45) is 0 Å². The SMILES string of the molecule is c1ccc(-c2cccc(-c3nc(-c4ccccc4)nc(-c4ccc5oc6c(-c7ccc8c9ccccc9c9ccccc9c8c7)cccc6c5c4)n3)c2)cc1. The Morgan fingerprint density at radius 3 is 1.44 bits per heavy atom. The zero-order valence-corrected chi connectivity index (χ0v) is 29.6. The van der Waals surface area contributed by atoms with Gasteiger partial charge < -0.3 is 4.42 Å². The highest BCUT2D eigenvalue weighted by Gasteiger charge is 2.18. The monoisotopic (exact) mass is 701 g/mol. The van der Waals surface area contributed by atoms with Crippen molar-refractivity contribution >= 4 is 54.3 Å². The van der Waals surface area contributed by atoms with Gasteiger partial charge in [0.25, 0.3) is 0 Å². The van der Waals surface area contributed by atoms with Crippen molar-refractivity contribution in [3.05, 3.63) is 188 Å². The van der Waals surface area contributed by atoms with E-state index in [0.29, 0.717) is 17.5 Å². The van der Waals surface area contributed by atoms with Gasteiger partial charge in [0.1, 0.15) is 11.2 Å². The number of rotatable bonds is 5. The van der Waals surface area contributed by atoms with Gasteiger partial charge in [-0.2, -0.15) is 0 Å². The number of hydrogen-bond acceptors (Lipinski definition) is 4. The third-order valence-electron chi connectivity index (χ3n) is 10.7. The second kappa shape index (κ2) is 12.6. The number of para-hydroxylation sites is 1. The Morgan fingerprint density at radius 1 is 0.273 bits per heavy atom. The summed E-state index contributed by atoms with van der Waals surface area (Å²) in [6.45, 7) is 0. The third kappa shape index (κ3) is 5.26. The van der Waals surface area contributed by atoms with Crippen LogP contribution < -0.4 is 0 Å². The fourth-order valence-corrected chi connectivity index (χ4v) is 8.06. The topological polar surface area (TPSA) is 51.8 Å². The average Bonchev–Trinajstić information content (AvgIpc) is 3.65. The van der Waals surface area contributed by atoms with E-state index in [2.05, 4.69) is 140 Å². The van der Waals surface area contributed by atoms with Crippen molar-refractivity contribution < 1.29 is 4.42 Å². The fourth-order valence-electron chi connectivity index (χ4n) is 8.06. The van der Waals surface area contributed by atoms with Crippen molar-refractivity contribution in [2.75, 3.05) is 0 Å². The predicted octanol–water partition coefficient (Wildman–Crippen LogP) is 13.6. The average molecular weight is 702 g/mol. The molecule has 0 saturated carbocycles. The minimum atomic E-state index is 0.606. The summed E-state index contributed by atoms with van der Waals surface area (Å²) in [5, 5.41) is 9.59. The maximum absolute atomic E-state index is 6.69. The minimum Gasteiger partial charge on any atom is -0.455 e. The van der Waals surface area contributed by atoms with Crippen molar-refractivity contribution in [2.45, 2.75) is 0 Å². The highest BCUT2D eigenvalue weighted by Crippen LogP contribution is 2.41. The molecule has 4 heteroatoms. The molecule has 4 nitrogen and oxygen atoms in total. The zero-order chi connectivity index (χ0) is 36.3. The Kier molecular flexibility index (Phi) is 7.14. The van der Waals surface area contributed by atoms with Gasteiger partial charge in [-0.1, -0.05) is 158 Å². The van der Waals surface area contributed by atoms with Crippen LogP contribution in [0.5, 0.6) is 0 Å². The minimum absolute atomic E-state index is 0.606. The normalized spacial score (nSPS) is 11.6. The Hall–Kier alpha value is -7.43. The van der Waals surface area contributed by atoms with Gasteiger partial charge in [0.05, 0.1) is 0 Å². The molecule has 0 spiro atoms. The van der Waals surface area contributed by atoms with E-state index in [1.807, 2.05) is 48.5 Å². The first kappa shape index (κ1) is 31.1. The van der Waals surface area contributed by atoms with Gasteiger partial charge in [0.15, 0.2) is 17.5 Å². The summed E-state index contributed by atoms with van der Waals surface area (Å²) < 4.78 is 6.69. The van der Waals surface area contributed by atoms with Crippen LogP contribution in [0.1, 0.15) is 0 Å². The molecule has 0 aliphatic rings. The standard InChI is InChI=1S/C51H31N3O/c1-3-13-32(14-4-1)34-17-11-18-36(29-34)50-52-49(33-15-5-2-6-16-33)53-51(54-50)37-26-28-47-46(31-37)44-24-12-23-38(48(44)55-47)35-25-27-43-41-21-8-7-19-39(41)40-20-9-10-22-42(40)45(43)30-35/h1-31H. The van der Waals surface area contributed by atoms with E-state index in [0.717, 1.165) is 60.9 Å². The largest absolute Gasteiger partial charge is 0.455 e. The van der Waals surface area contributed by atoms with Crippen molar-refractivity contribution in [1.82, 2.24) is 15.0 Å². The molecule has 0 amide bonds. The Bertz CT molecular complexity index is 3220. The molecule has 0 fully saturated rings. The van der Waals surface area contributed by atoms with Crippen molar-refractivity contribution in [3.8, 4) is 56.4 Å². The summed E-state index contributed by atoms with van der Waals surface area (Å²) in [4.78, 5) is 15.1. The van der Waals surface area contributed by atoms with Gasteiger partial charge in [0.2, 0.25) is 0 Å². The van der Waals surface area contributed by atoms with Crippen LogP contribution in [0.25, 0.3) is 111 Å². The molecule has 0 aliphatic carbocycles. The van der Waals surface area contributed by atoms with Crippen LogP contribution in [-0.2, 0) is 0 Å². The van der Waals surface area contributed by atoms with Gasteiger partial charge in [-0.3, -0.25) is 0 Å². The lowest BCUT2D eigenvalue weighted by Crippen LogP contribution is -2.00. The summed E-state index contributed by atoms with van der Waals surface area (Å²) >= 11 is 0. The Balaban J connectivity index is 1.06. The molecular formula is C51H31N3O. The lowest BCUT2D eigenvalue weighted by Gasteiger charge is -2.12. The maximum Gasteiger partial charge on any atom is 0.164 e. The molecule has 256 valence electrons. The number of benzene rings is 9. The molecule has 0 bridgehead atoms. The number of furan rings is 1. The van der Waals surface area contributed by atoms with Crippen LogP contribution in [-0.4, -0.2) is 15.0 Å². The maximum atomic E-state index is 6.69. The Labute approximate surface area is 317 Å². The lowest BCUT2D eigenvalue weighted by atomic mass is 9.92. The molecule has 2 aromatic heterocycles. The summed E-state index contributed by atoms with van der Waals surface area (Å²) in [5.41, 5.74) is 8.85. The molecule has 2 heterocycles. The smallest absolute Gasteiger partial charge is 0.164 e. The van der Waals surface area contributed by atoms with Gasteiger partial charge in [-0.25, -0.2) is 15.0 Å². The number of nitrogens with zero attached hydrogens (tertiary/aromatic N) is 3. The third-order valence-corrected chi connectivity index (χ3v) is 10.7. The van der Waals surface area contributed by atoms with Crippen LogP contribution in [0.4, 0.5) is 0 Å². The zero-order valence-electron chi connectivity index (χ0n) is 29.6. The highest BCUT2D eigenvalue weighted by molar-refractivity contribution is 6.26. The molecule has 0 aliphatic heterocycles. The number of aromatic nitrogens is 3.